The maximum absolute atomic E-state index is 10.6. The molecule has 0 saturated heterocycles. The molecule has 0 unspecified atom stereocenters. The molecule has 0 aliphatic heterocycles. The van der Waals surface area contributed by atoms with Gasteiger partial charge in [0.15, 0.2) is 5.16 Å². The zero-order valence-electron chi connectivity index (χ0n) is 12.7. The SMILES string of the molecule is CCC(CC)CN(CC)c1nnc(SCC(=O)O)n1C. The second-order valence-electron chi connectivity index (χ2n) is 4.75. The first-order valence-corrected chi connectivity index (χ1v) is 8.00. The van der Waals surface area contributed by atoms with Crippen molar-refractivity contribution in [3.8, 4) is 0 Å². The molecule has 0 saturated carbocycles. The van der Waals surface area contributed by atoms with Crippen LogP contribution in [0.5, 0.6) is 0 Å². The predicted octanol–water partition coefficient (Wildman–Crippen LogP) is 2.25. The largest absolute Gasteiger partial charge is 0.481 e. The van der Waals surface area contributed by atoms with Crippen LogP contribution in [-0.2, 0) is 11.8 Å². The maximum Gasteiger partial charge on any atom is 0.313 e. The van der Waals surface area contributed by atoms with Gasteiger partial charge in [0.05, 0.1) is 5.75 Å². The van der Waals surface area contributed by atoms with Crippen LogP contribution in [0.3, 0.4) is 0 Å². The lowest BCUT2D eigenvalue weighted by molar-refractivity contribution is -0.133. The van der Waals surface area contributed by atoms with Crippen molar-refractivity contribution in [1.29, 1.82) is 0 Å². The van der Waals surface area contributed by atoms with E-state index >= 15 is 0 Å². The summed E-state index contributed by atoms with van der Waals surface area (Å²) in [5.41, 5.74) is 0. The summed E-state index contributed by atoms with van der Waals surface area (Å²) in [7, 11) is 1.88. The van der Waals surface area contributed by atoms with E-state index in [-0.39, 0.29) is 5.75 Å². The molecule has 0 spiro atoms. The van der Waals surface area contributed by atoms with Crippen LogP contribution in [-0.4, -0.2) is 44.7 Å². The standard InChI is InChI=1S/C13H24N4O2S/c1-5-10(6-2)8-17(7-3)12-14-15-13(16(12)4)20-9-11(18)19/h10H,5-9H2,1-4H3,(H,18,19). The number of thioether (sulfide) groups is 1. The van der Waals surface area contributed by atoms with E-state index in [0.29, 0.717) is 11.1 Å². The Morgan fingerprint density at radius 2 is 2.00 bits per heavy atom. The number of hydrogen-bond acceptors (Lipinski definition) is 5. The number of carboxylic acids is 1. The van der Waals surface area contributed by atoms with Crippen LogP contribution in [0.15, 0.2) is 5.16 Å². The first kappa shape index (κ1) is 16.8. The number of anilines is 1. The molecule has 0 radical (unpaired) electrons. The maximum atomic E-state index is 10.6. The van der Waals surface area contributed by atoms with Gasteiger partial charge in [0.1, 0.15) is 0 Å². The van der Waals surface area contributed by atoms with E-state index in [1.165, 1.54) is 11.8 Å². The molecule has 0 atom stereocenters. The Hall–Kier alpha value is -1.24. The van der Waals surface area contributed by atoms with Crippen molar-refractivity contribution in [3.63, 3.8) is 0 Å². The van der Waals surface area contributed by atoms with E-state index in [4.69, 9.17) is 5.11 Å². The van der Waals surface area contributed by atoms with Gasteiger partial charge in [0, 0.05) is 20.1 Å². The van der Waals surface area contributed by atoms with Gasteiger partial charge in [-0.3, -0.25) is 9.36 Å². The molecule has 6 nitrogen and oxygen atoms in total. The highest BCUT2D eigenvalue weighted by Crippen LogP contribution is 2.21. The second kappa shape index (κ2) is 8.14. The average molecular weight is 300 g/mol. The van der Waals surface area contributed by atoms with E-state index in [1.807, 2.05) is 11.6 Å². The minimum Gasteiger partial charge on any atom is -0.481 e. The number of carbonyl (C=O) groups is 1. The minimum absolute atomic E-state index is 0.00461. The Kier molecular flexibility index (Phi) is 6.84. The van der Waals surface area contributed by atoms with Crippen molar-refractivity contribution in [3.05, 3.63) is 0 Å². The summed E-state index contributed by atoms with van der Waals surface area (Å²) in [5, 5.41) is 17.7. The van der Waals surface area contributed by atoms with Gasteiger partial charge in [-0.1, -0.05) is 38.5 Å². The fourth-order valence-corrected chi connectivity index (χ4v) is 2.67. The molecule has 1 N–H and O–H groups in total. The molecular formula is C13H24N4O2S. The van der Waals surface area contributed by atoms with E-state index in [0.717, 1.165) is 31.9 Å². The van der Waals surface area contributed by atoms with Crippen molar-refractivity contribution in [2.24, 2.45) is 13.0 Å². The van der Waals surface area contributed by atoms with Gasteiger partial charge in [-0.15, -0.1) is 10.2 Å². The van der Waals surface area contributed by atoms with Crippen molar-refractivity contribution in [1.82, 2.24) is 14.8 Å². The molecule has 0 fully saturated rings. The quantitative estimate of drug-likeness (QED) is 0.705. The summed E-state index contributed by atoms with van der Waals surface area (Å²) in [6.45, 7) is 8.33. The highest BCUT2D eigenvalue weighted by Gasteiger charge is 2.18. The molecule has 1 rings (SSSR count). The van der Waals surface area contributed by atoms with Crippen LogP contribution < -0.4 is 4.90 Å². The molecule has 0 amide bonds. The molecule has 0 bridgehead atoms. The van der Waals surface area contributed by atoms with Gasteiger partial charge >= 0.3 is 5.97 Å². The monoisotopic (exact) mass is 300 g/mol. The average Bonchev–Trinajstić information content (AvgIpc) is 2.79. The third-order valence-electron chi connectivity index (χ3n) is 3.43. The summed E-state index contributed by atoms with van der Waals surface area (Å²) in [6.07, 6.45) is 2.29. The Morgan fingerprint density at radius 1 is 1.35 bits per heavy atom. The zero-order valence-corrected chi connectivity index (χ0v) is 13.5. The molecule has 114 valence electrons. The number of aliphatic carboxylic acids is 1. The van der Waals surface area contributed by atoms with Gasteiger partial charge in [-0.05, 0) is 12.8 Å². The topological polar surface area (TPSA) is 71.2 Å². The molecule has 0 aliphatic carbocycles. The fraction of sp³-hybridized carbons (Fsp3) is 0.769. The van der Waals surface area contributed by atoms with Crippen LogP contribution in [0, 0.1) is 5.92 Å². The summed E-state index contributed by atoms with van der Waals surface area (Å²) < 4.78 is 1.87. The van der Waals surface area contributed by atoms with Crippen molar-refractivity contribution < 1.29 is 9.90 Å². The Morgan fingerprint density at radius 3 is 2.50 bits per heavy atom. The number of carboxylic acid groups (broad SMARTS) is 1. The number of nitrogens with zero attached hydrogens (tertiary/aromatic N) is 4. The smallest absolute Gasteiger partial charge is 0.313 e. The lowest BCUT2D eigenvalue weighted by Crippen LogP contribution is -2.31. The molecule has 1 heterocycles. The van der Waals surface area contributed by atoms with Crippen LogP contribution in [0.1, 0.15) is 33.6 Å². The second-order valence-corrected chi connectivity index (χ2v) is 5.69. The van der Waals surface area contributed by atoms with Crippen molar-refractivity contribution >= 4 is 23.7 Å². The molecule has 0 aliphatic rings. The van der Waals surface area contributed by atoms with E-state index in [9.17, 15) is 4.79 Å². The van der Waals surface area contributed by atoms with Gasteiger partial charge in [0.25, 0.3) is 0 Å². The first-order chi connectivity index (χ1) is 9.53. The van der Waals surface area contributed by atoms with Gasteiger partial charge in [0.2, 0.25) is 5.95 Å². The molecule has 7 heteroatoms. The van der Waals surface area contributed by atoms with E-state index in [1.54, 1.807) is 0 Å². The minimum atomic E-state index is -0.844. The Labute approximate surface area is 124 Å². The molecular weight excluding hydrogens is 276 g/mol. The van der Waals surface area contributed by atoms with Crippen LogP contribution in [0.4, 0.5) is 5.95 Å². The van der Waals surface area contributed by atoms with E-state index < -0.39 is 5.97 Å². The van der Waals surface area contributed by atoms with Gasteiger partial charge < -0.3 is 10.0 Å². The summed E-state index contributed by atoms with van der Waals surface area (Å²) >= 11 is 1.20. The highest BCUT2D eigenvalue weighted by molar-refractivity contribution is 7.99. The number of hydrogen-bond donors (Lipinski definition) is 1. The number of rotatable bonds is 9. The zero-order chi connectivity index (χ0) is 15.1. The van der Waals surface area contributed by atoms with E-state index in [2.05, 4.69) is 35.9 Å². The Bertz CT molecular complexity index is 432. The number of aromatic nitrogens is 3. The molecule has 20 heavy (non-hydrogen) atoms. The van der Waals surface area contributed by atoms with Crippen molar-refractivity contribution in [2.75, 3.05) is 23.7 Å². The summed E-state index contributed by atoms with van der Waals surface area (Å²) in [6, 6.07) is 0. The van der Waals surface area contributed by atoms with Crippen LogP contribution >= 0.6 is 11.8 Å². The molecule has 1 aromatic heterocycles. The molecule has 0 aromatic carbocycles. The normalized spacial score (nSPS) is 11.1. The van der Waals surface area contributed by atoms with Crippen molar-refractivity contribution in [2.45, 2.75) is 38.8 Å². The highest BCUT2D eigenvalue weighted by atomic mass is 32.2. The summed E-state index contributed by atoms with van der Waals surface area (Å²) in [5.74, 6) is 0.614. The Balaban J connectivity index is 2.80. The fourth-order valence-electron chi connectivity index (χ4n) is 2.05. The lowest BCUT2D eigenvalue weighted by atomic mass is 10.0. The first-order valence-electron chi connectivity index (χ1n) is 7.02. The third-order valence-corrected chi connectivity index (χ3v) is 4.44. The summed E-state index contributed by atoms with van der Waals surface area (Å²) in [4.78, 5) is 12.8. The van der Waals surface area contributed by atoms with Gasteiger partial charge in [-0.2, -0.15) is 0 Å². The van der Waals surface area contributed by atoms with Crippen LogP contribution in [0.2, 0.25) is 0 Å². The van der Waals surface area contributed by atoms with Crippen LogP contribution in [0.25, 0.3) is 0 Å². The molecule has 1 aromatic rings. The predicted molar refractivity (Wildman–Crippen MR) is 81.3 cm³/mol. The third kappa shape index (κ3) is 4.40. The van der Waals surface area contributed by atoms with Gasteiger partial charge in [-0.25, -0.2) is 0 Å². The lowest BCUT2D eigenvalue weighted by Gasteiger charge is -2.25.